The number of nitrogens with zero attached hydrogens (tertiary/aromatic N) is 2. The molecule has 0 spiro atoms. The molecule has 9 rings (SSSR count). The molecule has 0 bridgehead atoms. The molecule has 0 radical (unpaired) electrons. The average Bonchev–Trinajstić information content (AvgIpc) is 3.63. The second kappa shape index (κ2) is 13.3. The van der Waals surface area contributed by atoms with Gasteiger partial charge < -0.3 is 4.42 Å². The SMILES string of the molecule is N#Cc1ccc(-c2ccc(-c3cccc4c3oc3c(-c5ccc(-c6cc(-c7ccccc7)c(C#N)c(-c7ccccc7)c6)cc5)cccc34)cc2)cc1. The highest BCUT2D eigenvalue weighted by Gasteiger charge is 2.18. The summed E-state index contributed by atoms with van der Waals surface area (Å²) >= 11 is 0. The summed E-state index contributed by atoms with van der Waals surface area (Å²) < 4.78 is 6.77. The highest BCUT2D eigenvalue weighted by Crippen LogP contribution is 2.41. The summed E-state index contributed by atoms with van der Waals surface area (Å²) in [4.78, 5) is 0. The van der Waals surface area contributed by atoms with E-state index in [0.717, 1.165) is 88.7 Å². The third kappa shape index (κ3) is 5.74. The van der Waals surface area contributed by atoms with Crippen LogP contribution in [0.4, 0.5) is 0 Å². The molecule has 0 aliphatic carbocycles. The second-order valence-electron chi connectivity index (χ2n) is 13.1. The molecule has 8 aromatic carbocycles. The quantitative estimate of drug-likeness (QED) is 0.176. The minimum atomic E-state index is 0.651. The van der Waals surface area contributed by atoms with Crippen LogP contribution < -0.4 is 0 Å². The Hall–Kier alpha value is -7.46. The first-order valence-electron chi connectivity index (χ1n) is 17.5. The van der Waals surface area contributed by atoms with Crippen LogP contribution >= 0.6 is 0 Å². The molecule has 3 nitrogen and oxygen atoms in total. The zero-order valence-electron chi connectivity index (χ0n) is 28.6. The molecule has 0 fully saturated rings. The predicted molar refractivity (Wildman–Crippen MR) is 216 cm³/mol. The molecule has 3 heteroatoms. The summed E-state index contributed by atoms with van der Waals surface area (Å²) in [5.41, 5.74) is 15.4. The average molecular weight is 675 g/mol. The Kier molecular flexibility index (Phi) is 7.94. The van der Waals surface area contributed by atoms with Gasteiger partial charge in [-0.25, -0.2) is 0 Å². The number of rotatable bonds is 6. The normalized spacial score (nSPS) is 11.0. The van der Waals surface area contributed by atoms with Crippen LogP contribution in [-0.4, -0.2) is 0 Å². The second-order valence-corrected chi connectivity index (χ2v) is 13.1. The Balaban J connectivity index is 1.10. The number of hydrogen-bond donors (Lipinski definition) is 0. The van der Waals surface area contributed by atoms with Gasteiger partial charge in [-0.2, -0.15) is 10.5 Å². The summed E-state index contributed by atoms with van der Waals surface area (Å²) in [5.74, 6) is 0. The van der Waals surface area contributed by atoms with Gasteiger partial charge in [0.05, 0.1) is 17.2 Å². The molecule has 0 saturated carbocycles. The van der Waals surface area contributed by atoms with E-state index in [-0.39, 0.29) is 0 Å². The molecular weight excluding hydrogens is 645 g/mol. The van der Waals surface area contributed by atoms with Crippen molar-refractivity contribution in [2.24, 2.45) is 0 Å². The lowest BCUT2D eigenvalue weighted by Gasteiger charge is -2.14. The fourth-order valence-corrected chi connectivity index (χ4v) is 7.32. The smallest absolute Gasteiger partial charge is 0.143 e. The molecule has 53 heavy (non-hydrogen) atoms. The maximum Gasteiger partial charge on any atom is 0.143 e. The van der Waals surface area contributed by atoms with Crippen molar-refractivity contribution < 1.29 is 4.42 Å². The highest BCUT2D eigenvalue weighted by atomic mass is 16.3. The van der Waals surface area contributed by atoms with E-state index in [9.17, 15) is 5.26 Å². The first-order chi connectivity index (χ1) is 26.2. The van der Waals surface area contributed by atoms with Crippen molar-refractivity contribution >= 4 is 21.9 Å². The summed E-state index contributed by atoms with van der Waals surface area (Å²) in [6.07, 6.45) is 0. The topological polar surface area (TPSA) is 60.7 Å². The lowest BCUT2D eigenvalue weighted by Crippen LogP contribution is -1.92. The molecule has 0 amide bonds. The van der Waals surface area contributed by atoms with Crippen LogP contribution in [0, 0.1) is 22.7 Å². The van der Waals surface area contributed by atoms with Crippen LogP contribution in [0.2, 0.25) is 0 Å². The van der Waals surface area contributed by atoms with E-state index in [0.29, 0.717) is 11.1 Å². The summed E-state index contributed by atoms with van der Waals surface area (Å²) in [7, 11) is 0. The van der Waals surface area contributed by atoms with Crippen molar-refractivity contribution in [3.05, 3.63) is 193 Å². The number of nitriles is 2. The fraction of sp³-hybridized carbons (Fsp3) is 0. The third-order valence-corrected chi connectivity index (χ3v) is 10.0. The van der Waals surface area contributed by atoms with Crippen LogP contribution in [0.25, 0.3) is 88.7 Å². The van der Waals surface area contributed by atoms with Gasteiger partial charge in [0.1, 0.15) is 17.2 Å². The lowest BCUT2D eigenvalue weighted by atomic mass is 9.88. The third-order valence-electron chi connectivity index (χ3n) is 10.0. The van der Waals surface area contributed by atoms with Crippen LogP contribution in [0.15, 0.2) is 186 Å². The van der Waals surface area contributed by atoms with Gasteiger partial charge >= 0.3 is 0 Å². The van der Waals surface area contributed by atoms with E-state index >= 15 is 0 Å². The van der Waals surface area contributed by atoms with Crippen molar-refractivity contribution in [3.8, 4) is 78.9 Å². The van der Waals surface area contributed by atoms with Crippen molar-refractivity contribution in [1.29, 1.82) is 10.5 Å². The van der Waals surface area contributed by atoms with E-state index in [4.69, 9.17) is 9.68 Å². The Bertz CT molecular complexity index is 2790. The van der Waals surface area contributed by atoms with Crippen molar-refractivity contribution in [1.82, 2.24) is 0 Å². The van der Waals surface area contributed by atoms with Gasteiger partial charge in [-0.3, -0.25) is 0 Å². The monoisotopic (exact) mass is 674 g/mol. The molecule has 0 saturated heterocycles. The number of para-hydroxylation sites is 2. The first-order valence-corrected chi connectivity index (χ1v) is 17.5. The van der Waals surface area contributed by atoms with E-state index in [1.807, 2.05) is 60.7 Å². The molecule has 0 unspecified atom stereocenters. The fourth-order valence-electron chi connectivity index (χ4n) is 7.32. The zero-order chi connectivity index (χ0) is 35.7. The van der Waals surface area contributed by atoms with Crippen LogP contribution in [0.5, 0.6) is 0 Å². The van der Waals surface area contributed by atoms with Gasteiger partial charge in [0, 0.05) is 33.0 Å². The molecule has 246 valence electrons. The molecule has 0 aliphatic rings. The van der Waals surface area contributed by atoms with Gasteiger partial charge in [0.2, 0.25) is 0 Å². The Morgan fingerprint density at radius 2 is 0.717 bits per heavy atom. The minimum absolute atomic E-state index is 0.651. The maximum absolute atomic E-state index is 10.4. The molecule has 1 aromatic heterocycles. The highest BCUT2D eigenvalue weighted by molar-refractivity contribution is 6.13. The minimum Gasteiger partial charge on any atom is -0.455 e. The van der Waals surface area contributed by atoms with E-state index in [2.05, 4.69) is 133 Å². The van der Waals surface area contributed by atoms with Crippen molar-refractivity contribution in [2.75, 3.05) is 0 Å². The summed E-state index contributed by atoms with van der Waals surface area (Å²) in [6, 6.07) is 66.7. The maximum atomic E-state index is 10.4. The van der Waals surface area contributed by atoms with E-state index in [1.54, 1.807) is 0 Å². The zero-order valence-corrected chi connectivity index (χ0v) is 28.6. The number of hydrogen-bond acceptors (Lipinski definition) is 3. The molecule has 9 aromatic rings. The van der Waals surface area contributed by atoms with Crippen molar-refractivity contribution in [2.45, 2.75) is 0 Å². The van der Waals surface area contributed by atoms with Gasteiger partial charge in [-0.05, 0) is 68.8 Å². The van der Waals surface area contributed by atoms with Gasteiger partial charge in [0.15, 0.2) is 0 Å². The van der Waals surface area contributed by atoms with Crippen LogP contribution in [0.3, 0.4) is 0 Å². The van der Waals surface area contributed by atoms with Crippen molar-refractivity contribution in [3.63, 3.8) is 0 Å². The standard InChI is InChI=1S/C50H30N2O/c51-31-33-17-19-34(20-18-33)35-21-25-39(26-22-35)42-13-7-15-44-45-16-8-14-43(50(45)53-49(42)44)40-27-23-36(24-28-40)41-29-46(37-9-3-1-4-10-37)48(32-52)47(30-41)38-11-5-2-6-12-38/h1-30H. The molecule has 0 N–H and O–H groups in total. The molecule has 0 aliphatic heterocycles. The molecular formula is C50H30N2O. The lowest BCUT2D eigenvalue weighted by molar-refractivity contribution is 0.671. The van der Waals surface area contributed by atoms with Crippen LogP contribution in [0.1, 0.15) is 11.1 Å². The first kappa shape index (κ1) is 31.5. The summed E-state index contributed by atoms with van der Waals surface area (Å²) in [6.45, 7) is 0. The van der Waals surface area contributed by atoms with Gasteiger partial charge in [-0.1, -0.05) is 158 Å². The molecule has 1 heterocycles. The van der Waals surface area contributed by atoms with E-state index < -0.39 is 0 Å². The summed E-state index contributed by atoms with van der Waals surface area (Å²) in [5, 5.41) is 21.7. The number of fused-ring (bicyclic) bond motifs is 3. The number of benzene rings is 8. The predicted octanol–water partition coefficient (Wildman–Crippen LogP) is 13.3. The Morgan fingerprint density at radius 3 is 1.15 bits per heavy atom. The van der Waals surface area contributed by atoms with Crippen LogP contribution in [-0.2, 0) is 0 Å². The Labute approximate surface area is 307 Å². The van der Waals surface area contributed by atoms with Gasteiger partial charge in [-0.15, -0.1) is 0 Å². The van der Waals surface area contributed by atoms with Gasteiger partial charge in [0.25, 0.3) is 0 Å². The molecule has 0 atom stereocenters. The largest absolute Gasteiger partial charge is 0.455 e. The number of furan rings is 1. The van der Waals surface area contributed by atoms with E-state index in [1.165, 1.54) is 0 Å². The Morgan fingerprint density at radius 1 is 0.321 bits per heavy atom.